The maximum Gasteiger partial charge on any atom is 0.255 e. The van der Waals surface area contributed by atoms with E-state index in [1.807, 2.05) is 30.3 Å². The molecule has 4 aromatic rings. The topological polar surface area (TPSA) is 55.1 Å². The summed E-state index contributed by atoms with van der Waals surface area (Å²) in [6.45, 7) is 4.38. The lowest BCUT2D eigenvalue weighted by atomic mass is 9.98. The molecule has 146 valence electrons. The second-order valence-corrected chi connectivity index (χ2v) is 7.53. The fourth-order valence-corrected chi connectivity index (χ4v) is 3.27. The number of anilines is 1. The van der Waals surface area contributed by atoms with Crippen LogP contribution in [0.15, 0.2) is 71.1 Å². The third-order valence-electron chi connectivity index (χ3n) is 5.07. The molecule has 0 aliphatic rings. The second kappa shape index (κ2) is 8.10. The van der Waals surface area contributed by atoms with Crippen molar-refractivity contribution in [3.63, 3.8) is 0 Å². The molecule has 4 nitrogen and oxygen atoms in total. The van der Waals surface area contributed by atoms with E-state index in [9.17, 15) is 4.79 Å². The van der Waals surface area contributed by atoms with Crippen molar-refractivity contribution in [3.8, 4) is 11.5 Å². The molecule has 0 fully saturated rings. The Labute approximate surface area is 174 Å². The molecule has 1 N–H and O–H groups in total. The fourth-order valence-electron chi connectivity index (χ4n) is 3.14. The third-order valence-corrected chi connectivity index (χ3v) is 5.32. The summed E-state index contributed by atoms with van der Waals surface area (Å²) in [6, 6.07) is 20.4. The molecule has 0 bridgehead atoms. The molecule has 0 saturated heterocycles. The van der Waals surface area contributed by atoms with Crippen LogP contribution in [0.4, 0.5) is 5.69 Å². The van der Waals surface area contributed by atoms with E-state index in [0.29, 0.717) is 28.1 Å². The molecular weight excluding hydrogens is 384 g/mol. The molecule has 5 heteroatoms. The summed E-state index contributed by atoms with van der Waals surface area (Å²) < 4.78 is 5.94. The van der Waals surface area contributed by atoms with E-state index in [1.54, 1.807) is 24.3 Å². The number of nitrogens with zero attached hydrogens (tertiary/aromatic N) is 1. The van der Waals surface area contributed by atoms with Gasteiger partial charge in [-0.2, -0.15) is 0 Å². The van der Waals surface area contributed by atoms with E-state index >= 15 is 0 Å². The Morgan fingerprint density at radius 3 is 2.66 bits per heavy atom. The highest BCUT2D eigenvalue weighted by Gasteiger charge is 2.12. The molecule has 4 rings (SSSR count). The van der Waals surface area contributed by atoms with Gasteiger partial charge < -0.3 is 9.73 Å². The SMILES string of the molecule is CC[C@H](C)c1ccc2oc(-c3cccc(NC(=O)c4ccc(Cl)cc4)c3)nc2c1. The summed E-state index contributed by atoms with van der Waals surface area (Å²) in [6.07, 6.45) is 1.07. The quantitative estimate of drug-likeness (QED) is 0.393. The summed E-state index contributed by atoms with van der Waals surface area (Å²) in [5, 5.41) is 3.50. The first kappa shape index (κ1) is 19.2. The molecule has 1 amide bonds. The standard InChI is InChI=1S/C24H21ClN2O2/c1-3-15(2)17-9-12-22-21(14-17)27-24(29-22)18-5-4-6-20(13-18)26-23(28)16-7-10-19(25)11-8-16/h4-15H,3H2,1-2H3,(H,26,28)/t15-/m0/s1. The Kier molecular flexibility index (Phi) is 5.36. The monoisotopic (exact) mass is 404 g/mol. The number of benzene rings is 3. The van der Waals surface area contributed by atoms with E-state index in [1.165, 1.54) is 5.56 Å². The Balaban J connectivity index is 1.59. The largest absolute Gasteiger partial charge is 0.436 e. The van der Waals surface area contributed by atoms with Crippen LogP contribution in [0.25, 0.3) is 22.6 Å². The van der Waals surface area contributed by atoms with Gasteiger partial charge in [0.25, 0.3) is 5.91 Å². The maximum absolute atomic E-state index is 12.5. The lowest BCUT2D eigenvalue weighted by Crippen LogP contribution is -2.11. The zero-order valence-corrected chi connectivity index (χ0v) is 17.0. The second-order valence-electron chi connectivity index (χ2n) is 7.10. The molecule has 1 atom stereocenters. The molecule has 1 aromatic heterocycles. The average molecular weight is 405 g/mol. The zero-order valence-electron chi connectivity index (χ0n) is 16.3. The first-order valence-electron chi connectivity index (χ1n) is 9.61. The van der Waals surface area contributed by atoms with Crippen molar-refractivity contribution in [1.82, 2.24) is 4.98 Å². The Hall–Kier alpha value is -3.11. The van der Waals surface area contributed by atoms with Gasteiger partial charge in [-0.3, -0.25) is 4.79 Å². The van der Waals surface area contributed by atoms with Gasteiger partial charge in [-0.1, -0.05) is 37.6 Å². The first-order chi connectivity index (χ1) is 14.0. The van der Waals surface area contributed by atoms with Gasteiger partial charge in [0, 0.05) is 21.8 Å². The van der Waals surface area contributed by atoms with Crippen molar-refractivity contribution in [3.05, 3.63) is 82.9 Å². The highest BCUT2D eigenvalue weighted by molar-refractivity contribution is 6.30. The van der Waals surface area contributed by atoms with Crippen LogP contribution in [0.1, 0.15) is 42.1 Å². The lowest BCUT2D eigenvalue weighted by molar-refractivity contribution is 0.102. The Bertz CT molecular complexity index is 1170. The number of hydrogen-bond acceptors (Lipinski definition) is 3. The third kappa shape index (κ3) is 4.17. The van der Waals surface area contributed by atoms with Crippen LogP contribution in [0.2, 0.25) is 5.02 Å². The van der Waals surface area contributed by atoms with Crippen LogP contribution in [-0.2, 0) is 0 Å². The van der Waals surface area contributed by atoms with Crippen LogP contribution in [0.5, 0.6) is 0 Å². The van der Waals surface area contributed by atoms with Crippen LogP contribution >= 0.6 is 11.6 Å². The summed E-state index contributed by atoms with van der Waals surface area (Å²) in [4.78, 5) is 17.1. The molecule has 1 heterocycles. The van der Waals surface area contributed by atoms with Crippen molar-refractivity contribution >= 4 is 34.3 Å². The number of rotatable bonds is 5. The molecular formula is C24H21ClN2O2. The molecule has 0 aliphatic heterocycles. The molecule has 29 heavy (non-hydrogen) atoms. The average Bonchev–Trinajstić information content (AvgIpc) is 3.17. The van der Waals surface area contributed by atoms with Crippen molar-refractivity contribution in [2.24, 2.45) is 0 Å². The smallest absolute Gasteiger partial charge is 0.255 e. The predicted molar refractivity (Wildman–Crippen MR) is 118 cm³/mol. The molecule has 0 spiro atoms. The lowest BCUT2D eigenvalue weighted by Gasteiger charge is -2.07. The summed E-state index contributed by atoms with van der Waals surface area (Å²) >= 11 is 5.88. The maximum atomic E-state index is 12.5. The highest BCUT2D eigenvalue weighted by Crippen LogP contribution is 2.29. The predicted octanol–water partition coefficient (Wildman–Crippen LogP) is 6.91. The number of fused-ring (bicyclic) bond motifs is 1. The van der Waals surface area contributed by atoms with Crippen LogP contribution < -0.4 is 5.32 Å². The number of carbonyl (C=O) groups excluding carboxylic acids is 1. The minimum Gasteiger partial charge on any atom is -0.436 e. The first-order valence-corrected chi connectivity index (χ1v) is 9.99. The van der Waals surface area contributed by atoms with E-state index in [0.717, 1.165) is 23.1 Å². The van der Waals surface area contributed by atoms with Gasteiger partial charge in [-0.25, -0.2) is 4.98 Å². The van der Waals surface area contributed by atoms with Crippen LogP contribution in [0.3, 0.4) is 0 Å². The molecule has 0 unspecified atom stereocenters. The minimum atomic E-state index is -0.199. The van der Waals surface area contributed by atoms with Gasteiger partial charge >= 0.3 is 0 Å². The van der Waals surface area contributed by atoms with Gasteiger partial charge in [0.2, 0.25) is 5.89 Å². The van der Waals surface area contributed by atoms with Gasteiger partial charge in [-0.15, -0.1) is 0 Å². The van der Waals surface area contributed by atoms with Crippen molar-refractivity contribution in [1.29, 1.82) is 0 Å². The Morgan fingerprint density at radius 2 is 1.90 bits per heavy atom. The fraction of sp³-hybridized carbons (Fsp3) is 0.167. The minimum absolute atomic E-state index is 0.199. The number of carbonyl (C=O) groups is 1. The summed E-state index contributed by atoms with van der Waals surface area (Å²) in [5.74, 6) is 0.810. The van der Waals surface area contributed by atoms with Crippen molar-refractivity contribution in [2.45, 2.75) is 26.2 Å². The summed E-state index contributed by atoms with van der Waals surface area (Å²) in [7, 11) is 0. The van der Waals surface area contributed by atoms with Crippen LogP contribution in [-0.4, -0.2) is 10.9 Å². The highest BCUT2D eigenvalue weighted by atomic mass is 35.5. The van der Waals surface area contributed by atoms with Gasteiger partial charge in [0.05, 0.1) is 0 Å². The molecule has 0 aliphatic carbocycles. The number of nitrogens with one attached hydrogen (secondary N) is 1. The zero-order chi connectivity index (χ0) is 20.4. The van der Waals surface area contributed by atoms with E-state index in [2.05, 4.69) is 36.3 Å². The number of amides is 1. The van der Waals surface area contributed by atoms with Gasteiger partial charge in [-0.05, 0) is 72.5 Å². The van der Waals surface area contributed by atoms with E-state index < -0.39 is 0 Å². The molecule has 3 aromatic carbocycles. The molecule has 0 saturated carbocycles. The number of aromatic nitrogens is 1. The van der Waals surface area contributed by atoms with Crippen molar-refractivity contribution in [2.75, 3.05) is 5.32 Å². The number of oxazole rings is 1. The van der Waals surface area contributed by atoms with E-state index in [4.69, 9.17) is 16.0 Å². The Morgan fingerprint density at radius 1 is 1.10 bits per heavy atom. The van der Waals surface area contributed by atoms with Crippen molar-refractivity contribution < 1.29 is 9.21 Å². The van der Waals surface area contributed by atoms with Gasteiger partial charge in [0.1, 0.15) is 5.52 Å². The number of halogens is 1. The van der Waals surface area contributed by atoms with Gasteiger partial charge in [0.15, 0.2) is 5.58 Å². The normalized spacial score (nSPS) is 12.1. The van der Waals surface area contributed by atoms with Crippen LogP contribution in [0, 0.1) is 0 Å². The summed E-state index contributed by atoms with van der Waals surface area (Å²) in [5.41, 5.74) is 4.87. The molecule has 0 radical (unpaired) electrons. The van der Waals surface area contributed by atoms with E-state index in [-0.39, 0.29) is 5.91 Å². The number of hydrogen-bond donors (Lipinski definition) is 1.